The molecule has 2 unspecified atom stereocenters. The van der Waals surface area contributed by atoms with E-state index in [1.165, 1.54) is 127 Å². The molecule has 0 saturated heterocycles. The number of rotatable bonds is 23. The van der Waals surface area contributed by atoms with Gasteiger partial charge in [0.25, 0.3) is 0 Å². The zero-order valence-corrected chi connectivity index (χ0v) is 63.5. The van der Waals surface area contributed by atoms with E-state index in [9.17, 15) is 0 Å². The lowest BCUT2D eigenvalue weighted by molar-refractivity contribution is 0.0665. The van der Waals surface area contributed by atoms with Crippen LogP contribution in [0.25, 0.3) is 17.2 Å². The predicted octanol–water partition coefficient (Wildman–Crippen LogP) is 27.8. The van der Waals surface area contributed by atoms with Gasteiger partial charge >= 0.3 is 0 Å². The molecule has 0 aromatic heterocycles. The Morgan fingerprint density at radius 3 is 1.43 bits per heavy atom. The third-order valence-corrected chi connectivity index (χ3v) is 25.6. The van der Waals surface area contributed by atoms with Gasteiger partial charge in [-0.2, -0.15) is 0 Å². The Morgan fingerprint density at radius 1 is 0.427 bits per heavy atom. The molecule has 2 aliphatic heterocycles. The summed E-state index contributed by atoms with van der Waals surface area (Å²) in [4.78, 5) is 4.96. The van der Waals surface area contributed by atoms with Crippen LogP contribution in [-0.2, 0) is 56.2 Å². The molecule has 0 N–H and O–H groups in total. The number of nitrogens with zero attached hydrogens (tertiary/aromatic N) is 2. The average Bonchev–Trinajstić information content (AvgIpc) is 1.54. The van der Waals surface area contributed by atoms with Crippen LogP contribution in [0.5, 0.6) is 0 Å². The fourth-order valence-electron chi connectivity index (χ4n) is 17.1. The molecule has 0 saturated carbocycles. The van der Waals surface area contributed by atoms with Crippen LogP contribution >= 0.6 is 0 Å². The largest absolute Gasteiger partial charge is 0.311 e. The molecular formula is C94H122N2. The van der Waals surface area contributed by atoms with Gasteiger partial charge in [0, 0.05) is 39.4 Å². The summed E-state index contributed by atoms with van der Waals surface area (Å²) in [7, 11) is 0. The van der Waals surface area contributed by atoms with Gasteiger partial charge in [-0.3, -0.25) is 0 Å². The summed E-state index contributed by atoms with van der Waals surface area (Å²) in [6.45, 7) is 53.5. The number of anilines is 6. The Labute approximate surface area is 584 Å². The van der Waals surface area contributed by atoms with Crippen molar-refractivity contribution in [2.75, 3.05) is 9.80 Å². The van der Waals surface area contributed by atoms with Gasteiger partial charge < -0.3 is 9.80 Å². The fourth-order valence-corrected chi connectivity index (χ4v) is 17.1. The van der Waals surface area contributed by atoms with E-state index in [4.69, 9.17) is 0 Å². The first-order valence-electron chi connectivity index (χ1n) is 37.4. The Kier molecular flexibility index (Phi) is 20.8. The second-order valence-electron chi connectivity index (χ2n) is 34.6. The first-order valence-corrected chi connectivity index (χ1v) is 37.4. The molecule has 2 heterocycles. The lowest BCUT2D eigenvalue weighted by atomic mass is 9.49. The Balaban J connectivity index is 1.08. The number of fused-ring (bicyclic) bond motifs is 4. The number of aryl methyl sites for hydroxylation is 2. The van der Waals surface area contributed by atoms with Gasteiger partial charge in [-0.05, 0) is 209 Å². The predicted molar refractivity (Wildman–Crippen MR) is 421 cm³/mol. The zero-order chi connectivity index (χ0) is 69.4. The van der Waals surface area contributed by atoms with E-state index in [-0.39, 0.29) is 48.7 Å². The molecule has 0 radical (unpaired) electrons. The smallest absolute Gasteiger partial charge is 0.0540 e. The van der Waals surface area contributed by atoms with Gasteiger partial charge in [0.2, 0.25) is 0 Å². The molecule has 4 bridgehead atoms. The van der Waals surface area contributed by atoms with Gasteiger partial charge in [0.15, 0.2) is 0 Å². The average molecular weight is 1280 g/mol. The number of para-hydroxylation sites is 1. The summed E-state index contributed by atoms with van der Waals surface area (Å²) in [6, 6.07) is 69.4. The molecule has 2 nitrogen and oxygen atoms in total. The monoisotopic (exact) mass is 1280 g/mol. The molecule has 508 valence electrons. The topological polar surface area (TPSA) is 6.48 Å². The van der Waals surface area contributed by atoms with Gasteiger partial charge in [-0.15, -0.1) is 0 Å². The first-order chi connectivity index (χ1) is 45.3. The number of unbranched alkanes of at least 4 members (excludes halogenated alkanes) is 10. The maximum Gasteiger partial charge on any atom is 0.0540 e. The molecule has 96 heavy (non-hydrogen) atoms. The molecule has 0 amide bonds. The van der Waals surface area contributed by atoms with E-state index in [2.05, 4.69) is 331 Å². The number of hydrogen-bond donors (Lipinski definition) is 0. The highest BCUT2D eigenvalue weighted by atomic mass is 15.1. The molecule has 2 heteroatoms. The summed E-state index contributed by atoms with van der Waals surface area (Å²) in [6.07, 6.45) is 20.9. The van der Waals surface area contributed by atoms with Crippen LogP contribution in [0.4, 0.5) is 34.1 Å². The second kappa shape index (κ2) is 27.8. The SMILES string of the molecule is C=Cc1ccc(N(c2ccc(C(C)(C)C)cc2)c2ccc(C3(C)CC4(C)c5cc(ccc5C(C)(C)C4(C)C)-c4ccccc4N(c4ccc(C(C)(C)C(C)(C)c5cc(CCCCCCCC)c(C(C)(C)C)cc5CCCCCCCC)cc4)c4ccc(cc4)C3(C)C)cc2)cc1. The van der Waals surface area contributed by atoms with E-state index in [0.717, 1.165) is 53.3 Å². The summed E-state index contributed by atoms with van der Waals surface area (Å²) in [5.41, 5.74) is 23.6. The van der Waals surface area contributed by atoms with E-state index in [1.807, 2.05) is 6.08 Å². The Morgan fingerprint density at radius 2 is 0.896 bits per heavy atom. The third kappa shape index (κ3) is 13.5. The van der Waals surface area contributed by atoms with E-state index >= 15 is 0 Å². The molecular weight excluding hydrogens is 1160 g/mol. The van der Waals surface area contributed by atoms with Crippen molar-refractivity contribution in [3.05, 3.63) is 244 Å². The van der Waals surface area contributed by atoms with Crippen LogP contribution in [0.1, 0.15) is 283 Å². The lowest BCUT2D eigenvalue weighted by Gasteiger charge is -2.54. The van der Waals surface area contributed by atoms with Crippen LogP contribution in [-0.4, -0.2) is 0 Å². The second-order valence-corrected chi connectivity index (χ2v) is 34.6. The van der Waals surface area contributed by atoms with Gasteiger partial charge in [0.1, 0.15) is 0 Å². The quantitative estimate of drug-likeness (QED) is 0.0589. The van der Waals surface area contributed by atoms with E-state index < -0.39 is 0 Å². The Hall–Kier alpha value is -6.90. The summed E-state index contributed by atoms with van der Waals surface area (Å²) in [5.74, 6) is 0. The first kappa shape index (κ1) is 71.9. The highest BCUT2D eigenvalue weighted by Gasteiger charge is 2.62. The van der Waals surface area contributed by atoms with Crippen molar-refractivity contribution in [3.8, 4) is 11.1 Å². The normalized spacial score (nSPS) is 18.3. The van der Waals surface area contributed by atoms with E-state index in [0.29, 0.717) is 0 Å². The standard InChI is InChI=1S/C94H122N2/c1-22-25-27-29-31-33-37-69-65-83(70(64-82(69)87(7,8)9)38-34-32-30-28-26-23-2)90(14,15)88(10,11)72-46-56-78(57-47-72)96-79-58-48-73(49-59-79)89(12,13)93(20,66-94(21)84-63-68(80-39-35-36-40-85(80)96)43-62-81(84)91(16,17)92(94,18)19)74-50-60-77(61-51-74)95(75-52-41-67(24-3)42-53-75)76-54-44-71(45-55-76)86(4,5)6/h24,35-36,39-65H,3,22-23,25-34,37-38,66H2,1-2,4-21H3. The minimum atomic E-state index is -0.352. The molecule has 0 fully saturated rings. The van der Waals surface area contributed by atoms with Gasteiger partial charge in [-0.1, -0.05) is 325 Å². The summed E-state index contributed by atoms with van der Waals surface area (Å²) in [5, 5.41) is 0. The van der Waals surface area contributed by atoms with Crippen LogP contribution in [0, 0.1) is 5.41 Å². The van der Waals surface area contributed by atoms with Crippen molar-refractivity contribution in [3.63, 3.8) is 0 Å². The summed E-state index contributed by atoms with van der Waals surface area (Å²) < 4.78 is 0. The van der Waals surface area contributed by atoms with Crippen molar-refractivity contribution in [1.29, 1.82) is 0 Å². The molecule has 8 aromatic rings. The Bertz CT molecular complexity index is 3940. The molecule has 2 atom stereocenters. The maximum absolute atomic E-state index is 4.08. The van der Waals surface area contributed by atoms with Crippen molar-refractivity contribution >= 4 is 40.2 Å². The third-order valence-electron chi connectivity index (χ3n) is 25.6. The molecule has 8 aromatic carbocycles. The van der Waals surface area contributed by atoms with Crippen LogP contribution in [0.15, 0.2) is 183 Å². The molecule has 11 rings (SSSR count). The van der Waals surface area contributed by atoms with Crippen LogP contribution < -0.4 is 9.80 Å². The van der Waals surface area contributed by atoms with Crippen molar-refractivity contribution in [2.45, 2.75) is 278 Å². The van der Waals surface area contributed by atoms with Crippen LogP contribution in [0.2, 0.25) is 0 Å². The zero-order valence-electron chi connectivity index (χ0n) is 63.5. The van der Waals surface area contributed by atoms with Crippen molar-refractivity contribution < 1.29 is 0 Å². The van der Waals surface area contributed by atoms with Gasteiger partial charge in [0.05, 0.1) is 5.69 Å². The number of benzene rings is 8. The molecule has 0 spiro atoms. The molecule has 3 aliphatic rings. The summed E-state index contributed by atoms with van der Waals surface area (Å²) >= 11 is 0. The van der Waals surface area contributed by atoms with Crippen molar-refractivity contribution in [1.82, 2.24) is 0 Å². The van der Waals surface area contributed by atoms with Crippen LogP contribution in [0.3, 0.4) is 0 Å². The molecule has 1 aliphatic carbocycles. The minimum absolute atomic E-state index is 0.0505. The highest BCUT2D eigenvalue weighted by molar-refractivity contribution is 5.89. The maximum atomic E-state index is 4.08. The minimum Gasteiger partial charge on any atom is -0.311 e. The van der Waals surface area contributed by atoms with Crippen molar-refractivity contribution in [2.24, 2.45) is 5.41 Å². The highest BCUT2D eigenvalue weighted by Crippen LogP contribution is 2.67. The lowest BCUT2D eigenvalue weighted by Crippen LogP contribution is -2.52. The number of hydrogen-bond acceptors (Lipinski definition) is 2. The fraction of sp³-hybridized carbons (Fsp3) is 0.468. The van der Waals surface area contributed by atoms with E-state index in [1.54, 1.807) is 22.3 Å². The van der Waals surface area contributed by atoms with Gasteiger partial charge in [-0.25, -0.2) is 0 Å².